The zero-order valence-corrected chi connectivity index (χ0v) is 18.4. The third-order valence-electron chi connectivity index (χ3n) is 4.95. The maximum Gasteiger partial charge on any atom is 0.262 e. The Morgan fingerprint density at radius 2 is 1.81 bits per heavy atom. The van der Waals surface area contributed by atoms with Crippen molar-refractivity contribution in [1.29, 1.82) is 0 Å². The molecule has 0 fully saturated rings. The van der Waals surface area contributed by atoms with Crippen molar-refractivity contribution in [2.75, 3.05) is 25.7 Å². The molecule has 0 aliphatic carbocycles. The zero-order chi connectivity index (χ0) is 22.7. The van der Waals surface area contributed by atoms with Crippen LogP contribution in [0.1, 0.15) is 15.9 Å². The number of nitrogens with one attached hydrogen (secondary N) is 1. The molecule has 8 nitrogen and oxygen atoms in total. The Labute approximate surface area is 186 Å². The Morgan fingerprint density at radius 3 is 2.62 bits per heavy atom. The molecule has 1 heterocycles. The Balaban J connectivity index is 1.52. The van der Waals surface area contributed by atoms with Crippen LogP contribution < -0.4 is 18.9 Å². The second kappa shape index (κ2) is 8.80. The monoisotopic (exact) mass is 454 g/mol. The number of para-hydroxylation sites is 2. The normalized spacial score (nSPS) is 12.3. The predicted molar refractivity (Wildman–Crippen MR) is 119 cm³/mol. The summed E-state index contributed by atoms with van der Waals surface area (Å²) in [4.78, 5) is 14.4. The lowest BCUT2D eigenvalue weighted by molar-refractivity contribution is 0.0784. The molecule has 32 heavy (non-hydrogen) atoms. The van der Waals surface area contributed by atoms with Crippen LogP contribution >= 0.6 is 0 Å². The van der Waals surface area contributed by atoms with Crippen LogP contribution in [0.15, 0.2) is 71.6 Å². The lowest BCUT2D eigenvalue weighted by Gasteiger charge is -2.18. The molecule has 0 radical (unpaired) electrons. The summed E-state index contributed by atoms with van der Waals surface area (Å²) in [5.41, 5.74) is 1.44. The Hall–Kier alpha value is -3.72. The van der Waals surface area contributed by atoms with E-state index in [4.69, 9.17) is 14.2 Å². The molecule has 0 unspecified atom stereocenters. The van der Waals surface area contributed by atoms with E-state index in [-0.39, 0.29) is 23.2 Å². The van der Waals surface area contributed by atoms with Crippen molar-refractivity contribution in [1.82, 2.24) is 4.90 Å². The predicted octanol–water partition coefficient (Wildman–Crippen LogP) is 3.50. The first kappa shape index (κ1) is 21.5. The number of hydrogen-bond donors (Lipinski definition) is 1. The molecule has 0 saturated heterocycles. The van der Waals surface area contributed by atoms with Crippen molar-refractivity contribution in [3.63, 3.8) is 0 Å². The first-order valence-electron chi connectivity index (χ1n) is 9.77. The molecule has 0 spiro atoms. The number of sulfonamides is 1. The van der Waals surface area contributed by atoms with Crippen LogP contribution in [0.5, 0.6) is 17.2 Å². The van der Waals surface area contributed by atoms with E-state index in [0.29, 0.717) is 29.5 Å². The van der Waals surface area contributed by atoms with Gasteiger partial charge < -0.3 is 19.1 Å². The zero-order valence-electron chi connectivity index (χ0n) is 17.6. The summed E-state index contributed by atoms with van der Waals surface area (Å²) in [5, 5.41) is 0. The summed E-state index contributed by atoms with van der Waals surface area (Å²) in [6.45, 7) is 0.504. The maximum absolute atomic E-state index is 13.0. The topological polar surface area (TPSA) is 94.2 Å². The standard InChI is InChI=1S/C23H22N2O6S/c1-25(14-16-10-11-21-22(12-16)31-15-30-21)23(26)17-6-5-7-18(13-17)32(27,28)24-19-8-3-4-9-20(19)29-2/h3-13,24H,14-15H2,1-2H3. The molecule has 166 valence electrons. The summed E-state index contributed by atoms with van der Waals surface area (Å²) in [6, 6.07) is 18.1. The first-order valence-corrected chi connectivity index (χ1v) is 11.3. The quantitative estimate of drug-likeness (QED) is 0.587. The molecule has 3 aromatic rings. The van der Waals surface area contributed by atoms with Gasteiger partial charge in [-0.1, -0.05) is 24.3 Å². The Kier molecular flexibility index (Phi) is 5.91. The van der Waals surface area contributed by atoms with Gasteiger partial charge in [-0.2, -0.15) is 0 Å². The fourth-order valence-electron chi connectivity index (χ4n) is 3.33. The number of amides is 1. The molecule has 9 heteroatoms. The largest absolute Gasteiger partial charge is 0.495 e. The van der Waals surface area contributed by atoms with Gasteiger partial charge in [0.1, 0.15) is 5.75 Å². The lowest BCUT2D eigenvalue weighted by atomic mass is 10.1. The molecule has 1 amide bonds. The van der Waals surface area contributed by atoms with Crippen LogP contribution in [0.4, 0.5) is 5.69 Å². The summed E-state index contributed by atoms with van der Waals surface area (Å²) in [5.74, 6) is 1.39. The van der Waals surface area contributed by atoms with Gasteiger partial charge >= 0.3 is 0 Å². The van der Waals surface area contributed by atoms with Gasteiger partial charge in [-0.05, 0) is 48.0 Å². The van der Waals surface area contributed by atoms with Gasteiger partial charge in [0.15, 0.2) is 11.5 Å². The summed E-state index contributed by atoms with van der Waals surface area (Å²) < 4.78 is 44.2. The van der Waals surface area contributed by atoms with Crippen molar-refractivity contribution in [3.05, 3.63) is 77.9 Å². The van der Waals surface area contributed by atoms with Crippen LogP contribution in [0.2, 0.25) is 0 Å². The van der Waals surface area contributed by atoms with Gasteiger partial charge in [-0.15, -0.1) is 0 Å². The van der Waals surface area contributed by atoms with E-state index < -0.39 is 10.0 Å². The summed E-state index contributed by atoms with van der Waals surface area (Å²) in [6.07, 6.45) is 0. The molecule has 4 rings (SSSR count). The van der Waals surface area contributed by atoms with E-state index in [0.717, 1.165) is 5.56 Å². The summed E-state index contributed by atoms with van der Waals surface area (Å²) in [7, 11) is -0.810. The number of benzene rings is 3. The smallest absolute Gasteiger partial charge is 0.262 e. The minimum absolute atomic E-state index is 0.0225. The minimum Gasteiger partial charge on any atom is -0.495 e. The number of hydrogen-bond acceptors (Lipinski definition) is 6. The molecule has 1 aliphatic heterocycles. The molecule has 3 aromatic carbocycles. The second-order valence-electron chi connectivity index (χ2n) is 7.18. The van der Waals surface area contributed by atoms with Crippen LogP contribution in [-0.2, 0) is 16.6 Å². The van der Waals surface area contributed by atoms with E-state index in [1.54, 1.807) is 49.5 Å². The highest BCUT2D eigenvalue weighted by Gasteiger charge is 2.20. The van der Waals surface area contributed by atoms with E-state index in [9.17, 15) is 13.2 Å². The number of anilines is 1. The highest BCUT2D eigenvalue weighted by Crippen LogP contribution is 2.33. The van der Waals surface area contributed by atoms with Crippen LogP contribution in [0.3, 0.4) is 0 Å². The van der Waals surface area contributed by atoms with Gasteiger partial charge in [0, 0.05) is 19.2 Å². The first-order chi connectivity index (χ1) is 15.4. The number of ether oxygens (including phenoxy) is 3. The molecule has 0 bridgehead atoms. The highest BCUT2D eigenvalue weighted by atomic mass is 32.2. The van der Waals surface area contributed by atoms with Crippen molar-refractivity contribution in [3.8, 4) is 17.2 Å². The number of nitrogens with zero attached hydrogens (tertiary/aromatic N) is 1. The fraction of sp³-hybridized carbons (Fsp3) is 0.174. The lowest BCUT2D eigenvalue weighted by Crippen LogP contribution is -2.26. The minimum atomic E-state index is -3.92. The number of carbonyl (C=O) groups is 1. The number of carbonyl (C=O) groups excluding carboxylic acids is 1. The van der Waals surface area contributed by atoms with Gasteiger partial charge in [-0.25, -0.2) is 8.42 Å². The fourth-order valence-corrected chi connectivity index (χ4v) is 4.45. The van der Waals surface area contributed by atoms with Gasteiger partial charge in [-0.3, -0.25) is 9.52 Å². The van der Waals surface area contributed by atoms with E-state index in [1.807, 2.05) is 12.1 Å². The van der Waals surface area contributed by atoms with Crippen LogP contribution in [-0.4, -0.2) is 40.2 Å². The number of fused-ring (bicyclic) bond motifs is 1. The molecule has 0 atom stereocenters. The number of methoxy groups -OCH3 is 1. The van der Waals surface area contributed by atoms with Crippen molar-refractivity contribution >= 4 is 21.6 Å². The van der Waals surface area contributed by atoms with Crippen LogP contribution in [0, 0.1) is 0 Å². The average molecular weight is 455 g/mol. The van der Waals surface area contributed by atoms with Crippen LogP contribution in [0.25, 0.3) is 0 Å². The molecular formula is C23H22N2O6S. The van der Waals surface area contributed by atoms with E-state index in [1.165, 1.54) is 24.1 Å². The molecule has 1 N–H and O–H groups in total. The average Bonchev–Trinajstić information content (AvgIpc) is 3.26. The maximum atomic E-state index is 13.0. The second-order valence-corrected chi connectivity index (χ2v) is 8.86. The van der Waals surface area contributed by atoms with E-state index in [2.05, 4.69) is 4.72 Å². The van der Waals surface area contributed by atoms with Gasteiger partial charge in [0.25, 0.3) is 15.9 Å². The highest BCUT2D eigenvalue weighted by molar-refractivity contribution is 7.92. The van der Waals surface area contributed by atoms with Crippen molar-refractivity contribution in [2.24, 2.45) is 0 Å². The summed E-state index contributed by atoms with van der Waals surface area (Å²) >= 11 is 0. The van der Waals surface area contributed by atoms with Gasteiger partial charge in [0.2, 0.25) is 6.79 Å². The van der Waals surface area contributed by atoms with E-state index >= 15 is 0 Å². The third kappa shape index (κ3) is 4.47. The molecule has 0 aromatic heterocycles. The SMILES string of the molecule is COc1ccccc1NS(=O)(=O)c1cccc(C(=O)N(C)Cc2ccc3c(c2)OCO3)c1. The van der Waals surface area contributed by atoms with Gasteiger partial charge in [0.05, 0.1) is 17.7 Å². The number of rotatable bonds is 7. The van der Waals surface area contributed by atoms with Crippen molar-refractivity contribution < 1.29 is 27.4 Å². The third-order valence-corrected chi connectivity index (χ3v) is 6.31. The molecular weight excluding hydrogens is 432 g/mol. The Bertz CT molecular complexity index is 1260. The molecule has 1 aliphatic rings. The molecule has 0 saturated carbocycles. The van der Waals surface area contributed by atoms with Crippen molar-refractivity contribution in [2.45, 2.75) is 11.4 Å². The Morgan fingerprint density at radius 1 is 1.03 bits per heavy atom.